The molecule has 0 aliphatic carbocycles. The molecule has 0 aliphatic heterocycles. The molecule has 1 atom stereocenters. The van der Waals surface area contributed by atoms with E-state index in [2.05, 4.69) is 60.6 Å². The molecule has 3 heteroatoms. The fraction of sp³-hybridized carbons (Fsp3) is 0.800. The van der Waals surface area contributed by atoms with Crippen LogP contribution in [0.2, 0.25) is 0 Å². The first-order valence-electron chi connectivity index (χ1n) is 7.26. The van der Waals surface area contributed by atoms with Crippen LogP contribution in [0.25, 0.3) is 0 Å². The largest absolute Gasteiger partial charge is 0.269 e. The molecule has 104 valence electrons. The summed E-state index contributed by atoms with van der Waals surface area (Å²) in [5.74, 6) is 0.715. The Morgan fingerprint density at radius 2 is 1.94 bits per heavy atom. The van der Waals surface area contributed by atoms with Gasteiger partial charge in [-0.15, -0.1) is 0 Å². The molecule has 0 bridgehead atoms. The molecule has 0 amide bonds. The van der Waals surface area contributed by atoms with Crippen LogP contribution in [0.5, 0.6) is 0 Å². The number of halogens is 1. The Hall–Kier alpha value is -0.310. The highest BCUT2D eigenvalue weighted by Crippen LogP contribution is 2.19. The minimum Gasteiger partial charge on any atom is -0.269 e. The third kappa shape index (κ3) is 4.75. The Morgan fingerprint density at radius 3 is 2.50 bits per heavy atom. The topological polar surface area (TPSA) is 17.8 Å². The van der Waals surface area contributed by atoms with Crippen LogP contribution in [0.1, 0.15) is 65.1 Å². The van der Waals surface area contributed by atoms with Crippen LogP contribution in [0.3, 0.4) is 0 Å². The number of hydrogen-bond acceptors (Lipinski definition) is 1. The van der Waals surface area contributed by atoms with Crippen LogP contribution in [0, 0.1) is 5.92 Å². The van der Waals surface area contributed by atoms with E-state index < -0.39 is 0 Å². The van der Waals surface area contributed by atoms with Gasteiger partial charge in [-0.05, 0) is 44.1 Å². The average molecular weight is 315 g/mol. The molecule has 0 N–H and O–H groups in total. The molecule has 1 rings (SSSR count). The number of aromatic nitrogens is 2. The quantitative estimate of drug-likeness (QED) is 0.618. The average Bonchev–Trinajstić information content (AvgIpc) is 2.79. The predicted octanol–water partition coefficient (Wildman–Crippen LogP) is 4.99. The van der Waals surface area contributed by atoms with Crippen LogP contribution in [-0.2, 0) is 6.42 Å². The Labute approximate surface area is 120 Å². The molecule has 0 aromatic carbocycles. The molecular weight excluding hydrogens is 288 g/mol. The van der Waals surface area contributed by atoms with E-state index in [4.69, 9.17) is 5.10 Å². The van der Waals surface area contributed by atoms with E-state index in [0.717, 1.165) is 19.3 Å². The third-order valence-electron chi connectivity index (χ3n) is 3.62. The van der Waals surface area contributed by atoms with Gasteiger partial charge in [0.2, 0.25) is 0 Å². The summed E-state index contributed by atoms with van der Waals surface area (Å²) in [4.78, 5) is 0.638. The molecule has 0 aliphatic rings. The summed E-state index contributed by atoms with van der Waals surface area (Å²) in [7, 11) is 0. The molecule has 0 saturated heterocycles. The Morgan fingerprint density at radius 1 is 1.28 bits per heavy atom. The van der Waals surface area contributed by atoms with Gasteiger partial charge in [-0.2, -0.15) is 5.10 Å². The van der Waals surface area contributed by atoms with Gasteiger partial charge in [-0.1, -0.05) is 43.6 Å². The number of alkyl halides is 1. The van der Waals surface area contributed by atoms with Crippen LogP contribution < -0.4 is 0 Å². The maximum Gasteiger partial charge on any atom is 0.0624 e. The standard InChI is InChI=1S/C15H27BrN2/c1-5-14(6-2)18-11-10-13(17-18)8-7-9-15(16)12(3)4/h10-12,14-15H,5-9H2,1-4H3. The van der Waals surface area contributed by atoms with E-state index in [-0.39, 0.29) is 0 Å². The molecule has 1 unspecified atom stereocenters. The lowest BCUT2D eigenvalue weighted by Crippen LogP contribution is -2.09. The summed E-state index contributed by atoms with van der Waals surface area (Å²) < 4.78 is 2.14. The molecule has 1 aromatic heterocycles. The van der Waals surface area contributed by atoms with Gasteiger partial charge >= 0.3 is 0 Å². The van der Waals surface area contributed by atoms with E-state index in [1.165, 1.54) is 18.5 Å². The zero-order chi connectivity index (χ0) is 13.5. The molecule has 18 heavy (non-hydrogen) atoms. The minimum absolute atomic E-state index is 0.568. The van der Waals surface area contributed by atoms with Crippen molar-refractivity contribution in [1.82, 2.24) is 9.78 Å². The molecule has 0 fully saturated rings. The van der Waals surface area contributed by atoms with Crippen molar-refractivity contribution in [3.8, 4) is 0 Å². The zero-order valence-electron chi connectivity index (χ0n) is 12.2. The Bertz CT molecular complexity index is 329. The fourth-order valence-electron chi connectivity index (χ4n) is 2.19. The van der Waals surface area contributed by atoms with Crippen molar-refractivity contribution in [2.75, 3.05) is 0 Å². The first-order chi connectivity index (χ1) is 8.58. The highest BCUT2D eigenvalue weighted by atomic mass is 79.9. The van der Waals surface area contributed by atoms with Crippen molar-refractivity contribution in [2.45, 2.75) is 70.7 Å². The Kier molecular flexibility index (Phi) is 6.98. The first kappa shape index (κ1) is 15.7. The highest BCUT2D eigenvalue weighted by molar-refractivity contribution is 9.09. The van der Waals surface area contributed by atoms with Crippen LogP contribution in [0.4, 0.5) is 0 Å². The highest BCUT2D eigenvalue weighted by Gasteiger charge is 2.10. The smallest absolute Gasteiger partial charge is 0.0624 e. The third-order valence-corrected chi connectivity index (χ3v) is 5.13. The normalized spacial score (nSPS) is 13.5. The van der Waals surface area contributed by atoms with Crippen LogP contribution in [-0.4, -0.2) is 14.6 Å². The zero-order valence-corrected chi connectivity index (χ0v) is 13.8. The lowest BCUT2D eigenvalue weighted by Gasteiger charge is -2.13. The lowest BCUT2D eigenvalue weighted by molar-refractivity contribution is 0.424. The number of hydrogen-bond donors (Lipinski definition) is 0. The van der Waals surface area contributed by atoms with E-state index in [0.29, 0.717) is 16.8 Å². The minimum atomic E-state index is 0.568. The Balaban J connectivity index is 2.40. The lowest BCUT2D eigenvalue weighted by atomic mass is 10.0. The fourth-order valence-corrected chi connectivity index (χ4v) is 2.51. The summed E-state index contributed by atoms with van der Waals surface area (Å²) in [5.41, 5.74) is 1.24. The van der Waals surface area contributed by atoms with Gasteiger partial charge in [-0.25, -0.2) is 0 Å². The van der Waals surface area contributed by atoms with Crippen molar-refractivity contribution in [3.63, 3.8) is 0 Å². The molecule has 2 nitrogen and oxygen atoms in total. The summed E-state index contributed by atoms with van der Waals surface area (Å²) in [5, 5.41) is 4.70. The molecular formula is C15H27BrN2. The second-order valence-electron chi connectivity index (χ2n) is 5.41. The molecule has 0 radical (unpaired) electrons. The summed E-state index contributed by atoms with van der Waals surface area (Å²) >= 11 is 3.74. The van der Waals surface area contributed by atoms with Crippen molar-refractivity contribution < 1.29 is 0 Å². The van der Waals surface area contributed by atoms with Crippen LogP contribution >= 0.6 is 15.9 Å². The van der Waals surface area contributed by atoms with Gasteiger partial charge in [0, 0.05) is 11.0 Å². The molecule has 0 spiro atoms. The SMILES string of the molecule is CCC(CC)n1ccc(CCCC(Br)C(C)C)n1. The van der Waals surface area contributed by atoms with Crippen molar-refractivity contribution in [1.29, 1.82) is 0 Å². The maximum absolute atomic E-state index is 4.70. The second-order valence-corrected chi connectivity index (χ2v) is 6.59. The summed E-state index contributed by atoms with van der Waals surface area (Å²) in [6.07, 6.45) is 8.01. The van der Waals surface area contributed by atoms with Crippen LogP contribution in [0.15, 0.2) is 12.3 Å². The van der Waals surface area contributed by atoms with Gasteiger partial charge in [0.15, 0.2) is 0 Å². The van der Waals surface area contributed by atoms with Crippen molar-refractivity contribution in [3.05, 3.63) is 18.0 Å². The van der Waals surface area contributed by atoms with E-state index in [9.17, 15) is 0 Å². The first-order valence-corrected chi connectivity index (χ1v) is 8.18. The number of nitrogens with zero attached hydrogens (tertiary/aromatic N) is 2. The summed E-state index contributed by atoms with van der Waals surface area (Å²) in [6, 6.07) is 2.75. The molecule has 1 aromatic rings. The predicted molar refractivity (Wildman–Crippen MR) is 82.3 cm³/mol. The van der Waals surface area contributed by atoms with Crippen molar-refractivity contribution >= 4 is 15.9 Å². The van der Waals surface area contributed by atoms with Gasteiger partial charge in [0.05, 0.1) is 11.7 Å². The van der Waals surface area contributed by atoms with Gasteiger partial charge in [-0.3, -0.25) is 4.68 Å². The number of rotatable bonds is 8. The monoisotopic (exact) mass is 314 g/mol. The van der Waals surface area contributed by atoms with Gasteiger partial charge in [0.1, 0.15) is 0 Å². The van der Waals surface area contributed by atoms with E-state index in [1.54, 1.807) is 0 Å². The molecule has 1 heterocycles. The number of aryl methyl sites for hydroxylation is 1. The second kappa shape index (κ2) is 7.98. The van der Waals surface area contributed by atoms with Gasteiger partial charge < -0.3 is 0 Å². The van der Waals surface area contributed by atoms with Gasteiger partial charge in [0.25, 0.3) is 0 Å². The van der Waals surface area contributed by atoms with E-state index in [1.807, 2.05) is 0 Å². The molecule has 0 saturated carbocycles. The van der Waals surface area contributed by atoms with E-state index >= 15 is 0 Å². The van der Waals surface area contributed by atoms with Crippen molar-refractivity contribution in [2.24, 2.45) is 5.92 Å². The summed E-state index contributed by atoms with van der Waals surface area (Å²) in [6.45, 7) is 8.99. The maximum atomic E-state index is 4.70.